The summed E-state index contributed by atoms with van der Waals surface area (Å²) in [6.45, 7) is 3.45. The van der Waals surface area contributed by atoms with Gasteiger partial charge in [0.2, 0.25) is 0 Å². The third-order valence-electron chi connectivity index (χ3n) is 2.26. The van der Waals surface area contributed by atoms with Gasteiger partial charge in [-0.05, 0) is 12.5 Å². The van der Waals surface area contributed by atoms with E-state index in [9.17, 15) is 0 Å². The molecule has 0 saturated heterocycles. The SMILES string of the molecule is CCCOc1cc(N)cc(N(C)CCO)c1. The highest BCUT2D eigenvalue weighted by atomic mass is 16.5. The van der Waals surface area contributed by atoms with E-state index in [4.69, 9.17) is 15.6 Å². The molecule has 1 aromatic carbocycles. The lowest BCUT2D eigenvalue weighted by Crippen LogP contribution is -2.21. The van der Waals surface area contributed by atoms with Gasteiger partial charge in [-0.1, -0.05) is 6.92 Å². The van der Waals surface area contributed by atoms with Crippen LogP contribution in [0.3, 0.4) is 0 Å². The summed E-state index contributed by atoms with van der Waals surface area (Å²) in [5.41, 5.74) is 7.43. The molecule has 0 radical (unpaired) electrons. The Hall–Kier alpha value is -1.42. The van der Waals surface area contributed by atoms with E-state index in [-0.39, 0.29) is 6.61 Å². The fourth-order valence-corrected chi connectivity index (χ4v) is 1.41. The Labute approximate surface area is 96.6 Å². The summed E-state index contributed by atoms with van der Waals surface area (Å²) in [5.74, 6) is 0.779. The molecular formula is C12H20N2O2. The van der Waals surface area contributed by atoms with Crippen LogP contribution in [-0.4, -0.2) is 31.9 Å². The minimum Gasteiger partial charge on any atom is -0.493 e. The zero-order valence-electron chi connectivity index (χ0n) is 9.94. The van der Waals surface area contributed by atoms with Gasteiger partial charge in [0.25, 0.3) is 0 Å². The molecule has 4 heteroatoms. The first-order valence-electron chi connectivity index (χ1n) is 5.52. The first kappa shape index (κ1) is 12.6. The first-order valence-corrected chi connectivity index (χ1v) is 5.52. The van der Waals surface area contributed by atoms with Crippen LogP contribution >= 0.6 is 0 Å². The van der Waals surface area contributed by atoms with Crippen LogP contribution in [0.4, 0.5) is 11.4 Å². The molecule has 0 aliphatic heterocycles. The molecule has 0 aliphatic carbocycles. The van der Waals surface area contributed by atoms with Crippen molar-refractivity contribution in [2.75, 3.05) is 37.4 Å². The molecule has 0 amide bonds. The Morgan fingerprint density at radius 1 is 1.38 bits per heavy atom. The number of rotatable bonds is 6. The molecule has 0 bridgehead atoms. The Morgan fingerprint density at radius 2 is 2.12 bits per heavy atom. The molecule has 0 spiro atoms. The molecule has 90 valence electrons. The smallest absolute Gasteiger partial charge is 0.123 e. The van der Waals surface area contributed by atoms with E-state index in [2.05, 4.69) is 6.92 Å². The van der Waals surface area contributed by atoms with Crippen LogP contribution < -0.4 is 15.4 Å². The van der Waals surface area contributed by atoms with Gasteiger partial charge >= 0.3 is 0 Å². The van der Waals surface area contributed by atoms with Gasteiger partial charge < -0.3 is 20.5 Å². The Bertz CT molecular complexity index is 329. The van der Waals surface area contributed by atoms with Gasteiger partial charge in [-0.2, -0.15) is 0 Å². The van der Waals surface area contributed by atoms with E-state index < -0.39 is 0 Å². The highest BCUT2D eigenvalue weighted by Gasteiger charge is 2.04. The zero-order chi connectivity index (χ0) is 12.0. The van der Waals surface area contributed by atoms with E-state index >= 15 is 0 Å². The summed E-state index contributed by atoms with van der Waals surface area (Å²) in [7, 11) is 1.91. The summed E-state index contributed by atoms with van der Waals surface area (Å²) >= 11 is 0. The predicted octanol–water partition coefficient (Wildman–Crippen LogP) is 1.49. The number of nitrogens with two attached hydrogens (primary N) is 1. The number of benzene rings is 1. The highest BCUT2D eigenvalue weighted by Crippen LogP contribution is 2.24. The van der Waals surface area contributed by atoms with Crippen LogP contribution in [0.2, 0.25) is 0 Å². The fraction of sp³-hybridized carbons (Fsp3) is 0.500. The third kappa shape index (κ3) is 3.62. The van der Waals surface area contributed by atoms with E-state index in [0.717, 1.165) is 17.9 Å². The lowest BCUT2D eigenvalue weighted by Gasteiger charge is -2.19. The van der Waals surface area contributed by atoms with Crippen LogP contribution in [0, 0.1) is 0 Å². The van der Waals surface area contributed by atoms with Gasteiger partial charge in [-0.25, -0.2) is 0 Å². The standard InChI is InChI=1S/C12H20N2O2/c1-3-6-16-12-8-10(13)7-11(9-12)14(2)4-5-15/h7-9,15H,3-6,13H2,1-2H3. The maximum Gasteiger partial charge on any atom is 0.123 e. The molecule has 16 heavy (non-hydrogen) atoms. The maximum absolute atomic E-state index is 8.87. The minimum atomic E-state index is 0.121. The monoisotopic (exact) mass is 224 g/mol. The van der Waals surface area contributed by atoms with Crippen molar-refractivity contribution >= 4 is 11.4 Å². The Kier molecular flexibility index (Phi) is 4.92. The van der Waals surface area contributed by atoms with Gasteiger partial charge in [-0.15, -0.1) is 0 Å². The van der Waals surface area contributed by atoms with Gasteiger partial charge in [0.1, 0.15) is 5.75 Å². The lowest BCUT2D eigenvalue weighted by molar-refractivity contribution is 0.303. The van der Waals surface area contributed by atoms with Crippen molar-refractivity contribution in [1.29, 1.82) is 0 Å². The van der Waals surface area contributed by atoms with Crippen molar-refractivity contribution in [1.82, 2.24) is 0 Å². The van der Waals surface area contributed by atoms with Crippen molar-refractivity contribution in [2.45, 2.75) is 13.3 Å². The van der Waals surface area contributed by atoms with Crippen molar-refractivity contribution in [3.05, 3.63) is 18.2 Å². The number of hydrogen-bond donors (Lipinski definition) is 2. The van der Waals surface area contributed by atoms with Gasteiger partial charge in [0.05, 0.1) is 13.2 Å². The van der Waals surface area contributed by atoms with E-state index in [1.54, 1.807) is 0 Å². The zero-order valence-corrected chi connectivity index (χ0v) is 9.94. The number of aliphatic hydroxyl groups is 1. The average molecular weight is 224 g/mol. The van der Waals surface area contributed by atoms with Crippen molar-refractivity contribution in [2.24, 2.45) is 0 Å². The van der Waals surface area contributed by atoms with Gasteiger partial charge in [0.15, 0.2) is 0 Å². The molecule has 0 atom stereocenters. The molecule has 0 aliphatic rings. The number of likely N-dealkylation sites (N-methyl/N-ethyl adjacent to an activating group) is 1. The first-order chi connectivity index (χ1) is 7.67. The summed E-state index contributed by atoms with van der Waals surface area (Å²) < 4.78 is 5.54. The molecule has 3 N–H and O–H groups in total. The van der Waals surface area contributed by atoms with Crippen molar-refractivity contribution in [3.63, 3.8) is 0 Å². The van der Waals surface area contributed by atoms with Crippen LogP contribution in [0.25, 0.3) is 0 Å². The third-order valence-corrected chi connectivity index (χ3v) is 2.26. The van der Waals surface area contributed by atoms with Gasteiger partial charge in [-0.3, -0.25) is 0 Å². The molecule has 4 nitrogen and oxygen atoms in total. The minimum absolute atomic E-state index is 0.121. The van der Waals surface area contributed by atoms with Gasteiger partial charge in [0, 0.05) is 37.1 Å². The molecule has 1 rings (SSSR count). The average Bonchev–Trinajstić information content (AvgIpc) is 2.26. The molecular weight excluding hydrogens is 204 g/mol. The van der Waals surface area contributed by atoms with Crippen molar-refractivity contribution in [3.8, 4) is 5.75 Å². The Balaban J connectivity index is 2.80. The number of nitrogens with zero attached hydrogens (tertiary/aromatic N) is 1. The summed E-state index contributed by atoms with van der Waals surface area (Å²) in [6, 6.07) is 5.61. The highest BCUT2D eigenvalue weighted by molar-refractivity contribution is 5.60. The van der Waals surface area contributed by atoms with Crippen molar-refractivity contribution < 1.29 is 9.84 Å². The summed E-state index contributed by atoms with van der Waals surface area (Å²) in [5, 5.41) is 8.87. The van der Waals surface area contributed by atoms with Crippen LogP contribution in [0.5, 0.6) is 5.75 Å². The Morgan fingerprint density at radius 3 is 2.75 bits per heavy atom. The fourth-order valence-electron chi connectivity index (χ4n) is 1.41. The number of aliphatic hydroxyl groups excluding tert-OH is 1. The second-order valence-electron chi connectivity index (χ2n) is 3.75. The molecule has 0 heterocycles. The van der Waals surface area contributed by atoms with E-state index in [1.807, 2.05) is 30.1 Å². The number of ether oxygens (including phenoxy) is 1. The molecule has 0 saturated carbocycles. The number of nitrogen functional groups attached to an aromatic ring is 1. The maximum atomic E-state index is 8.87. The second-order valence-corrected chi connectivity index (χ2v) is 3.75. The van der Waals surface area contributed by atoms with Crippen LogP contribution in [0.1, 0.15) is 13.3 Å². The molecule has 0 fully saturated rings. The lowest BCUT2D eigenvalue weighted by atomic mass is 10.2. The molecule has 0 aromatic heterocycles. The number of anilines is 2. The number of hydrogen-bond acceptors (Lipinski definition) is 4. The largest absolute Gasteiger partial charge is 0.493 e. The summed E-state index contributed by atoms with van der Waals surface area (Å²) in [6.07, 6.45) is 0.969. The van der Waals surface area contributed by atoms with E-state index in [1.165, 1.54) is 0 Å². The molecule has 0 unspecified atom stereocenters. The second kappa shape index (κ2) is 6.23. The van der Waals surface area contributed by atoms with Crippen LogP contribution in [-0.2, 0) is 0 Å². The quantitative estimate of drug-likeness (QED) is 0.719. The summed E-state index contributed by atoms with van der Waals surface area (Å²) in [4.78, 5) is 1.94. The predicted molar refractivity (Wildman–Crippen MR) is 67.0 cm³/mol. The molecule has 1 aromatic rings. The normalized spacial score (nSPS) is 10.2. The van der Waals surface area contributed by atoms with E-state index in [0.29, 0.717) is 18.8 Å². The van der Waals surface area contributed by atoms with Crippen LogP contribution in [0.15, 0.2) is 18.2 Å². The topological polar surface area (TPSA) is 58.7 Å².